The van der Waals surface area contributed by atoms with E-state index in [1.165, 1.54) is 0 Å². The Kier molecular flexibility index (Phi) is 5.58. The predicted molar refractivity (Wildman–Crippen MR) is 11.3 cm³/mol. The van der Waals surface area contributed by atoms with E-state index in [9.17, 15) is 0 Å². The fraction of sp³-hybridized carbons (Fsp3) is 0. The smallest absolute Gasteiger partial charge is 0.291 e. The molecule has 0 atom stereocenters. The Balaban J connectivity index is 0. The molecule has 0 aliphatic heterocycles. The molecule has 0 rings (SSSR count). The average Bonchev–Trinajstić information content (AvgIpc) is 0.811. The van der Waals surface area contributed by atoms with Crippen molar-refractivity contribution in [2.75, 3.05) is 0 Å². The monoisotopic (exact) mass is 83.0 g/mol. The van der Waals surface area contributed by atoms with Crippen LogP contribution in [0.3, 0.4) is 0 Å². The fourth-order valence-corrected chi connectivity index (χ4v) is 0. The van der Waals surface area contributed by atoms with Crippen LogP contribution >= 0.6 is 0 Å². The van der Waals surface area contributed by atoms with Crippen LogP contribution in [-0.2, 0) is 0 Å². The van der Waals surface area contributed by atoms with E-state index in [4.69, 9.17) is 15.3 Å². The van der Waals surface area contributed by atoms with Crippen LogP contribution in [0.1, 0.15) is 0 Å². The number of halogens is 1. The summed E-state index contributed by atoms with van der Waals surface area (Å²) in [6, 6.07) is 0. The topological polar surface area (TPSA) is 63.4 Å². The van der Waals surface area contributed by atoms with Crippen molar-refractivity contribution in [2.24, 2.45) is 0 Å². The van der Waals surface area contributed by atoms with E-state index in [0.29, 0.717) is 0 Å². The zero-order valence-electron chi connectivity index (χ0n) is 2.12. The molecule has 5 heavy (non-hydrogen) atoms. The first-order valence-corrected chi connectivity index (χ1v) is 0.565. The van der Waals surface area contributed by atoms with Gasteiger partial charge in [0, 0.05) is 0 Å². The van der Waals surface area contributed by atoms with Crippen molar-refractivity contribution in [3.63, 3.8) is 0 Å². The highest BCUT2D eigenvalue weighted by Gasteiger charge is 1.65. The SMILES string of the molecule is F.O=[N+]([O-])O. The quantitative estimate of drug-likeness (QED) is 0.326. The molecule has 0 amide bonds. The molecule has 0 saturated carbocycles. The van der Waals surface area contributed by atoms with Gasteiger partial charge in [0.25, 0.3) is 5.09 Å². The second-order valence-electron chi connectivity index (χ2n) is 0.238. The first-order chi connectivity index (χ1) is 1.73. The van der Waals surface area contributed by atoms with Crippen LogP contribution in [0.4, 0.5) is 4.70 Å². The van der Waals surface area contributed by atoms with Gasteiger partial charge in [0.05, 0.1) is 0 Å². The first kappa shape index (κ1) is 8.92. The van der Waals surface area contributed by atoms with Crippen LogP contribution < -0.4 is 0 Å². The molecule has 0 fully saturated rings. The van der Waals surface area contributed by atoms with Gasteiger partial charge < -0.3 is 5.21 Å². The summed E-state index contributed by atoms with van der Waals surface area (Å²) in [4.78, 5) is 8.36. The van der Waals surface area contributed by atoms with Crippen molar-refractivity contribution in [2.45, 2.75) is 0 Å². The number of nitrogens with zero attached hydrogens (tertiary/aromatic N) is 1. The second kappa shape index (κ2) is 3.13. The normalized spacial score (nSPS) is 4.80. The first-order valence-electron chi connectivity index (χ1n) is 0.565. The molecule has 1 N–H and O–H groups in total. The second-order valence-corrected chi connectivity index (χ2v) is 0.238. The molecule has 0 bridgehead atoms. The van der Waals surface area contributed by atoms with Gasteiger partial charge >= 0.3 is 0 Å². The summed E-state index contributed by atoms with van der Waals surface area (Å²) in [5.74, 6) is 0. The Morgan fingerprint density at radius 3 is 1.80 bits per heavy atom. The standard InChI is InChI=1S/FH.HNO3/c;2-1(3)4/h1H;(H,2,3,4). The van der Waals surface area contributed by atoms with Crippen LogP contribution in [0.25, 0.3) is 0 Å². The van der Waals surface area contributed by atoms with Gasteiger partial charge in [0.15, 0.2) is 0 Å². The third-order valence-corrected chi connectivity index (χ3v) is 0. The molecule has 32 valence electrons. The third-order valence-electron chi connectivity index (χ3n) is 0. The fourth-order valence-electron chi connectivity index (χ4n) is 0. The molecule has 0 spiro atoms. The Morgan fingerprint density at radius 2 is 1.80 bits per heavy atom. The number of hydrogen-bond acceptors (Lipinski definition) is 2. The molecule has 0 unspecified atom stereocenters. The van der Waals surface area contributed by atoms with Gasteiger partial charge in [-0.15, -0.1) is 10.1 Å². The molecule has 0 aromatic heterocycles. The Hall–Kier alpha value is -0.870. The van der Waals surface area contributed by atoms with E-state index in [2.05, 4.69) is 0 Å². The van der Waals surface area contributed by atoms with Crippen LogP contribution in [0.15, 0.2) is 0 Å². The highest BCUT2D eigenvalue weighted by molar-refractivity contribution is 3.83. The molecule has 0 aromatic rings. The summed E-state index contributed by atoms with van der Waals surface area (Å²) in [6.07, 6.45) is 0. The van der Waals surface area contributed by atoms with E-state index in [-0.39, 0.29) is 4.70 Å². The summed E-state index contributed by atoms with van der Waals surface area (Å²) in [6.45, 7) is 0. The molecule has 0 saturated heterocycles. The average molecular weight is 83.0 g/mol. The van der Waals surface area contributed by atoms with Crippen molar-refractivity contribution in [1.82, 2.24) is 0 Å². The van der Waals surface area contributed by atoms with Crippen molar-refractivity contribution in [1.29, 1.82) is 0 Å². The highest BCUT2D eigenvalue weighted by atomic mass is 19.0. The molecule has 0 aliphatic rings. The number of hydrogen-bond donors (Lipinski definition) is 1. The minimum Gasteiger partial charge on any atom is -0.328 e. The molecule has 0 radical (unpaired) electrons. The van der Waals surface area contributed by atoms with Gasteiger partial charge in [-0.25, -0.2) is 0 Å². The Bertz CT molecular complexity index is 29.9. The maximum atomic E-state index is 8.36. The van der Waals surface area contributed by atoms with Gasteiger partial charge in [-0.05, 0) is 0 Å². The third kappa shape index (κ3) is 5.28. The zero-order chi connectivity index (χ0) is 3.58. The molecular formula is H2FNO3. The predicted octanol–water partition coefficient (Wildman–Crippen LogP) is -0.195. The summed E-state index contributed by atoms with van der Waals surface area (Å²) in [7, 11) is 0. The lowest BCUT2D eigenvalue weighted by Gasteiger charge is -1.56. The molecule has 4 nitrogen and oxygen atoms in total. The van der Waals surface area contributed by atoms with Gasteiger partial charge in [-0.1, -0.05) is 0 Å². The lowest BCUT2D eigenvalue weighted by Crippen LogP contribution is -1.81. The van der Waals surface area contributed by atoms with E-state index in [1.54, 1.807) is 0 Å². The molecular weight excluding hydrogens is 81.0 g/mol. The molecule has 0 aliphatic carbocycles. The van der Waals surface area contributed by atoms with Gasteiger partial charge in [-0.2, -0.15) is 0 Å². The summed E-state index contributed by atoms with van der Waals surface area (Å²) < 4.78 is 0. The van der Waals surface area contributed by atoms with E-state index < -0.39 is 5.09 Å². The molecule has 0 aromatic carbocycles. The lowest BCUT2D eigenvalue weighted by molar-refractivity contribution is -0.742. The zero-order valence-corrected chi connectivity index (χ0v) is 2.12. The maximum Gasteiger partial charge on any atom is 0.291 e. The molecule has 5 heteroatoms. The van der Waals surface area contributed by atoms with Crippen LogP contribution in [-0.4, -0.2) is 10.3 Å². The largest absolute Gasteiger partial charge is 0.328 e. The minimum atomic E-state index is -1.50. The Labute approximate surface area is 26.5 Å². The van der Waals surface area contributed by atoms with Crippen molar-refractivity contribution in [3.05, 3.63) is 10.1 Å². The molecule has 0 heterocycles. The van der Waals surface area contributed by atoms with E-state index in [0.717, 1.165) is 0 Å². The van der Waals surface area contributed by atoms with E-state index in [1.807, 2.05) is 0 Å². The van der Waals surface area contributed by atoms with Gasteiger partial charge in [0.1, 0.15) is 0 Å². The van der Waals surface area contributed by atoms with Crippen molar-refractivity contribution in [3.8, 4) is 0 Å². The Morgan fingerprint density at radius 1 is 1.80 bits per heavy atom. The van der Waals surface area contributed by atoms with Crippen LogP contribution in [0.5, 0.6) is 0 Å². The van der Waals surface area contributed by atoms with Gasteiger partial charge in [-0.3, -0.25) is 4.70 Å². The lowest BCUT2D eigenvalue weighted by atomic mass is 13.1. The van der Waals surface area contributed by atoms with Crippen molar-refractivity contribution < 1.29 is 15.0 Å². The van der Waals surface area contributed by atoms with Crippen LogP contribution in [0.2, 0.25) is 0 Å². The maximum absolute atomic E-state index is 8.36. The minimum absolute atomic E-state index is 0. The number of rotatable bonds is 0. The summed E-state index contributed by atoms with van der Waals surface area (Å²) in [5.41, 5.74) is 0. The van der Waals surface area contributed by atoms with Crippen LogP contribution in [0, 0.1) is 10.1 Å². The highest BCUT2D eigenvalue weighted by Crippen LogP contribution is 1.38. The van der Waals surface area contributed by atoms with E-state index >= 15 is 0 Å². The van der Waals surface area contributed by atoms with Gasteiger partial charge in [0.2, 0.25) is 0 Å². The van der Waals surface area contributed by atoms with Crippen molar-refractivity contribution >= 4 is 0 Å². The summed E-state index contributed by atoms with van der Waals surface area (Å²) >= 11 is 0. The summed E-state index contributed by atoms with van der Waals surface area (Å²) in [5, 5.41) is 13.6.